The summed E-state index contributed by atoms with van der Waals surface area (Å²) in [4.78, 5) is 15.9. The van der Waals surface area contributed by atoms with Crippen LogP contribution in [-0.2, 0) is 16.0 Å². The number of nitrogens with one attached hydrogen (secondary N) is 3. The second-order valence-corrected chi connectivity index (χ2v) is 6.29. The van der Waals surface area contributed by atoms with Gasteiger partial charge in [-0.1, -0.05) is 12.1 Å². The topological polar surface area (TPSA) is 84.0 Å². The molecule has 1 atom stereocenters. The van der Waals surface area contributed by atoms with E-state index in [1.54, 1.807) is 20.2 Å². The number of amides is 1. The maximum absolute atomic E-state index is 11.7. The van der Waals surface area contributed by atoms with Crippen molar-refractivity contribution in [2.75, 3.05) is 47.1 Å². The van der Waals surface area contributed by atoms with E-state index in [-0.39, 0.29) is 29.9 Å². The minimum absolute atomic E-state index is 0. The van der Waals surface area contributed by atoms with Gasteiger partial charge in [-0.25, -0.2) is 0 Å². The molecule has 27 heavy (non-hydrogen) atoms. The molecule has 7 nitrogen and oxygen atoms in total. The van der Waals surface area contributed by atoms with Crippen LogP contribution < -0.4 is 16.0 Å². The highest BCUT2D eigenvalue weighted by Gasteiger charge is 2.15. The maximum atomic E-state index is 11.7. The zero-order valence-corrected chi connectivity index (χ0v) is 18.5. The summed E-state index contributed by atoms with van der Waals surface area (Å²) in [6.45, 7) is 4.60. The van der Waals surface area contributed by atoms with Gasteiger partial charge in [-0.15, -0.1) is 24.0 Å². The molecule has 8 heteroatoms. The quantitative estimate of drug-likeness (QED) is 0.213. The first-order chi connectivity index (χ1) is 12.7. The minimum Gasteiger partial charge on any atom is -0.381 e. The molecule has 0 radical (unpaired) electrons. The van der Waals surface area contributed by atoms with Crippen LogP contribution in [0.5, 0.6) is 0 Å². The van der Waals surface area contributed by atoms with Crippen molar-refractivity contribution in [2.24, 2.45) is 10.9 Å². The van der Waals surface area contributed by atoms with Crippen molar-refractivity contribution in [3.05, 3.63) is 35.4 Å². The van der Waals surface area contributed by atoms with Crippen molar-refractivity contribution < 1.29 is 14.3 Å². The van der Waals surface area contributed by atoms with E-state index in [4.69, 9.17) is 9.47 Å². The van der Waals surface area contributed by atoms with Crippen LogP contribution in [0.1, 0.15) is 28.8 Å². The van der Waals surface area contributed by atoms with Gasteiger partial charge >= 0.3 is 0 Å². The normalized spacial score (nSPS) is 16.5. The van der Waals surface area contributed by atoms with E-state index in [1.807, 2.05) is 18.2 Å². The van der Waals surface area contributed by atoms with Gasteiger partial charge in [0.1, 0.15) is 0 Å². The first-order valence-electron chi connectivity index (χ1n) is 9.14. The summed E-state index contributed by atoms with van der Waals surface area (Å²) in [5.41, 5.74) is 1.68. The molecule has 1 amide bonds. The molecular formula is C19H31IN4O3. The number of hydrogen-bond acceptors (Lipinski definition) is 4. The van der Waals surface area contributed by atoms with E-state index < -0.39 is 0 Å². The molecule has 1 aromatic carbocycles. The predicted molar refractivity (Wildman–Crippen MR) is 118 cm³/mol. The Kier molecular flexibility index (Phi) is 12.0. The van der Waals surface area contributed by atoms with Gasteiger partial charge in [-0.3, -0.25) is 9.79 Å². The van der Waals surface area contributed by atoms with Gasteiger partial charge in [0.2, 0.25) is 0 Å². The Bertz CT molecular complexity index is 592. The number of guanidine groups is 1. The molecule has 1 fully saturated rings. The van der Waals surface area contributed by atoms with Crippen molar-refractivity contribution in [3.63, 3.8) is 0 Å². The van der Waals surface area contributed by atoms with E-state index in [2.05, 4.69) is 20.9 Å². The van der Waals surface area contributed by atoms with Crippen LogP contribution in [0.2, 0.25) is 0 Å². The Hall–Kier alpha value is -1.39. The van der Waals surface area contributed by atoms with Crippen molar-refractivity contribution in [2.45, 2.75) is 19.4 Å². The zero-order chi connectivity index (χ0) is 18.6. The average molecular weight is 490 g/mol. The molecule has 0 bridgehead atoms. The van der Waals surface area contributed by atoms with E-state index in [0.717, 1.165) is 57.3 Å². The number of halogens is 1. The number of carbonyl (C=O) groups is 1. The van der Waals surface area contributed by atoms with Crippen LogP contribution in [0.3, 0.4) is 0 Å². The zero-order valence-electron chi connectivity index (χ0n) is 16.1. The fourth-order valence-electron chi connectivity index (χ4n) is 2.72. The highest BCUT2D eigenvalue weighted by Crippen LogP contribution is 2.12. The Morgan fingerprint density at radius 1 is 1.37 bits per heavy atom. The number of nitrogens with zero attached hydrogens (tertiary/aromatic N) is 1. The van der Waals surface area contributed by atoms with Gasteiger partial charge in [-0.05, 0) is 30.5 Å². The Labute approximate surface area is 178 Å². The summed E-state index contributed by atoms with van der Waals surface area (Å²) in [5, 5.41) is 9.16. The molecule has 0 saturated carbocycles. The summed E-state index contributed by atoms with van der Waals surface area (Å²) < 4.78 is 11.0. The second-order valence-electron chi connectivity index (χ2n) is 6.29. The van der Waals surface area contributed by atoms with Crippen LogP contribution in [0.4, 0.5) is 0 Å². The lowest BCUT2D eigenvalue weighted by atomic mass is 10.1. The Balaban J connectivity index is 0.00000364. The van der Waals surface area contributed by atoms with Gasteiger partial charge in [0.15, 0.2) is 5.96 Å². The van der Waals surface area contributed by atoms with Crippen LogP contribution in [0, 0.1) is 5.92 Å². The lowest BCUT2D eigenvalue weighted by molar-refractivity contribution is 0.0888. The number of aliphatic imine (C=N–C) groups is 1. The molecule has 0 spiro atoms. The van der Waals surface area contributed by atoms with Crippen LogP contribution >= 0.6 is 24.0 Å². The maximum Gasteiger partial charge on any atom is 0.251 e. The highest BCUT2D eigenvalue weighted by atomic mass is 127. The van der Waals surface area contributed by atoms with Crippen molar-refractivity contribution in [1.29, 1.82) is 0 Å². The fourth-order valence-corrected chi connectivity index (χ4v) is 2.72. The summed E-state index contributed by atoms with van der Waals surface area (Å²) >= 11 is 0. The summed E-state index contributed by atoms with van der Waals surface area (Å²) in [5.74, 6) is 1.21. The predicted octanol–water partition coefficient (Wildman–Crippen LogP) is 1.77. The largest absolute Gasteiger partial charge is 0.381 e. The molecule has 1 saturated heterocycles. The number of carbonyl (C=O) groups excluding carboxylic acids is 1. The molecule has 0 aromatic heterocycles. The van der Waals surface area contributed by atoms with E-state index in [1.165, 1.54) is 0 Å². The number of ether oxygens (including phenoxy) is 2. The summed E-state index contributed by atoms with van der Waals surface area (Å²) in [7, 11) is 3.37. The van der Waals surface area contributed by atoms with Crippen LogP contribution in [0.25, 0.3) is 0 Å². The minimum atomic E-state index is -0.0847. The molecule has 1 heterocycles. The van der Waals surface area contributed by atoms with Crippen molar-refractivity contribution >= 4 is 35.8 Å². The molecule has 3 N–H and O–H groups in total. The molecule has 2 rings (SSSR count). The standard InChI is InChI=1S/C19H30N4O3.HI/c1-20-18(24)17-6-3-5-15(11-17)12-23-19(21-2)22-8-4-9-25-13-16-7-10-26-14-16;/h3,5-6,11,16H,4,7-10,12-14H2,1-2H3,(H,20,24)(H2,21,22,23);1H. The van der Waals surface area contributed by atoms with Gasteiger partial charge in [-0.2, -0.15) is 0 Å². The fraction of sp³-hybridized carbons (Fsp3) is 0.579. The van der Waals surface area contributed by atoms with Crippen molar-refractivity contribution in [3.8, 4) is 0 Å². The summed E-state index contributed by atoms with van der Waals surface area (Å²) in [6.07, 6.45) is 2.02. The van der Waals surface area contributed by atoms with Gasteiger partial charge in [0.25, 0.3) is 5.91 Å². The Morgan fingerprint density at radius 3 is 2.93 bits per heavy atom. The molecule has 152 valence electrons. The average Bonchev–Trinajstić information content (AvgIpc) is 3.20. The first kappa shape index (κ1) is 23.6. The Morgan fingerprint density at radius 2 is 2.22 bits per heavy atom. The van der Waals surface area contributed by atoms with Crippen molar-refractivity contribution in [1.82, 2.24) is 16.0 Å². The number of hydrogen-bond donors (Lipinski definition) is 3. The molecule has 0 aliphatic carbocycles. The molecular weight excluding hydrogens is 459 g/mol. The highest BCUT2D eigenvalue weighted by molar-refractivity contribution is 14.0. The third kappa shape index (κ3) is 8.89. The molecule has 1 aliphatic rings. The molecule has 1 unspecified atom stereocenters. The van der Waals surface area contributed by atoms with Crippen LogP contribution in [0.15, 0.2) is 29.3 Å². The number of rotatable bonds is 9. The van der Waals surface area contributed by atoms with E-state index in [0.29, 0.717) is 18.0 Å². The SMILES string of the molecule is CN=C(NCCCOCC1CCOC1)NCc1cccc(C(=O)NC)c1.I. The smallest absolute Gasteiger partial charge is 0.251 e. The lowest BCUT2D eigenvalue weighted by Gasteiger charge is -2.13. The third-order valence-electron chi connectivity index (χ3n) is 4.24. The van der Waals surface area contributed by atoms with Gasteiger partial charge < -0.3 is 25.4 Å². The third-order valence-corrected chi connectivity index (χ3v) is 4.24. The van der Waals surface area contributed by atoms with Gasteiger partial charge in [0.05, 0.1) is 13.2 Å². The second kappa shape index (κ2) is 13.7. The van der Waals surface area contributed by atoms with E-state index in [9.17, 15) is 4.79 Å². The lowest BCUT2D eigenvalue weighted by Crippen LogP contribution is -2.37. The molecule has 1 aromatic rings. The summed E-state index contributed by atoms with van der Waals surface area (Å²) in [6, 6.07) is 7.53. The first-order valence-corrected chi connectivity index (χ1v) is 9.14. The van der Waals surface area contributed by atoms with E-state index >= 15 is 0 Å². The van der Waals surface area contributed by atoms with Gasteiger partial charge in [0, 0.05) is 51.9 Å². The monoisotopic (exact) mass is 490 g/mol. The molecule has 1 aliphatic heterocycles. The van der Waals surface area contributed by atoms with Crippen LogP contribution in [-0.4, -0.2) is 58.9 Å². The number of benzene rings is 1.